The van der Waals surface area contributed by atoms with E-state index in [-0.39, 0.29) is 19.8 Å². The highest BCUT2D eigenvalue weighted by atomic mass is 16.5. The quantitative estimate of drug-likeness (QED) is 0.498. The Bertz CT molecular complexity index is 261. The topological polar surface area (TPSA) is 90.2 Å². The van der Waals surface area contributed by atoms with Crippen molar-refractivity contribution in [1.29, 1.82) is 0 Å². The molecule has 0 spiro atoms. The lowest BCUT2D eigenvalue weighted by molar-refractivity contribution is 0.0650. The molecular weight excluding hydrogens is 236 g/mol. The van der Waals surface area contributed by atoms with Gasteiger partial charge in [0, 0.05) is 6.42 Å². The number of ether oxygens (including phenoxy) is 1. The van der Waals surface area contributed by atoms with Crippen molar-refractivity contribution in [1.82, 2.24) is 0 Å². The zero-order valence-corrected chi connectivity index (χ0v) is 10.4. The van der Waals surface area contributed by atoms with Gasteiger partial charge in [0.2, 0.25) is 0 Å². The van der Waals surface area contributed by atoms with E-state index < -0.39 is 6.10 Å². The summed E-state index contributed by atoms with van der Waals surface area (Å²) in [4.78, 5) is 0. The minimum Gasteiger partial charge on any atom is -0.394 e. The summed E-state index contributed by atoms with van der Waals surface area (Å²) in [5.74, 6) is 0. The minimum absolute atomic E-state index is 0.0278. The molecular formula is C13H22O5. The van der Waals surface area contributed by atoms with Crippen molar-refractivity contribution in [3.8, 4) is 0 Å². The zero-order chi connectivity index (χ0) is 13.6. The Morgan fingerprint density at radius 2 is 1.50 bits per heavy atom. The molecule has 104 valence electrons. The van der Waals surface area contributed by atoms with Gasteiger partial charge in [-0.2, -0.15) is 0 Å². The van der Waals surface area contributed by atoms with E-state index in [0.717, 1.165) is 5.56 Å². The van der Waals surface area contributed by atoms with Crippen LogP contribution >= 0.6 is 0 Å². The van der Waals surface area contributed by atoms with Crippen LogP contribution in [0.4, 0.5) is 0 Å². The fourth-order valence-corrected chi connectivity index (χ4v) is 1.18. The van der Waals surface area contributed by atoms with Crippen molar-refractivity contribution in [3.05, 3.63) is 35.9 Å². The molecule has 0 aliphatic heterocycles. The molecule has 1 aromatic rings. The lowest BCUT2D eigenvalue weighted by Crippen LogP contribution is -2.14. The lowest BCUT2D eigenvalue weighted by Gasteiger charge is -2.05. The summed E-state index contributed by atoms with van der Waals surface area (Å²) in [7, 11) is 0. The fourth-order valence-electron chi connectivity index (χ4n) is 1.18. The Kier molecular flexibility index (Phi) is 11.8. The van der Waals surface area contributed by atoms with Gasteiger partial charge in [-0.15, -0.1) is 0 Å². The fraction of sp³-hybridized carbons (Fsp3) is 0.538. The largest absolute Gasteiger partial charge is 0.394 e. The molecule has 0 radical (unpaired) electrons. The third-order valence-electron chi connectivity index (χ3n) is 2.00. The van der Waals surface area contributed by atoms with E-state index in [1.165, 1.54) is 0 Å². The van der Waals surface area contributed by atoms with E-state index in [9.17, 15) is 0 Å². The summed E-state index contributed by atoms with van der Waals surface area (Å²) in [6.07, 6.45) is -0.102. The molecule has 4 N–H and O–H groups in total. The van der Waals surface area contributed by atoms with Gasteiger partial charge in [-0.3, -0.25) is 0 Å². The molecule has 5 nitrogen and oxygen atoms in total. The molecule has 0 saturated carbocycles. The summed E-state index contributed by atoms with van der Waals surface area (Å²) >= 11 is 0. The first-order valence-corrected chi connectivity index (χ1v) is 5.86. The van der Waals surface area contributed by atoms with Crippen molar-refractivity contribution >= 4 is 0 Å². The third-order valence-corrected chi connectivity index (χ3v) is 2.00. The van der Waals surface area contributed by atoms with Crippen LogP contribution in [-0.2, 0) is 11.2 Å². The Labute approximate surface area is 107 Å². The molecule has 0 aliphatic carbocycles. The van der Waals surface area contributed by atoms with Crippen molar-refractivity contribution in [2.24, 2.45) is 0 Å². The average molecular weight is 258 g/mol. The molecule has 0 aromatic heterocycles. The van der Waals surface area contributed by atoms with Crippen molar-refractivity contribution in [2.75, 3.05) is 33.0 Å². The van der Waals surface area contributed by atoms with Gasteiger partial charge < -0.3 is 25.2 Å². The minimum atomic E-state index is -0.627. The third kappa shape index (κ3) is 10.2. The number of hydrogen-bond acceptors (Lipinski definition) is 5. The van der Waals surface area contributed by atoms with E-state index in [4.69, 9.17) is 20.4 Å². The Balaban J connectivity index is 0.000000360. The second kappa shape index (κ2) is 12.5. The van der Waals surface area contributed by atoms with Crippen molar-refractivity contribution < 1.29 is 25.2 Å². The molecule has 0 saturated heterocycles. The van der Waals surface area contributed by atoms with Gasteiger partial charge in [0.05, 0.1) is 39.1 Å². The van der Waals surface area contributed by atoms with Gasteiger partial charge in [-0.05, 0) is 5.56 Å². The van der Waals surface area contributed by atoms with Crippen LogP contribution in [0.5, 0.6) is 0 Å². The van der Waals surface area contributed by atoms with Gasteiger partial charge in [-0.25, -0.2) is 0 Å². The van der Waals surface area contributed by atoms with Crippen LogP contribution in [-0.4, -0.2) is 59.6 Å². The van der Waals surface area contributed by atoms with Crippen LogP contribution in [0, 0.1) is 0 Å². The van der Waals surface area contributed by atoms with Gasteiger partial charge in [0.1, 0.15) is 0 Å². The summed E-state index contributed by atoms with van der Waals surface area (Å²) in [5.41, 5.74) is 1.05. The number of aliphatic hydroxyl groups excluding tert-OH is 4. The van der Waals surface area contributed by atoms with Crippen LogP contribution in [0.15, 0.2) is 30.3 Å². The van der Waals surface area contributed by atoms with E-state index in [1.807, 2.05) is 30.3 Å². The number of rotatable bonds is 7. The zero-order valence-electron chi connectivity index (χ0n) is 10.4. The Morgan fingerprint density at radius 3 is 1.94 bits per heavy atom. The van der Waals surface area contributed by atoms with Crippen molar-refractivity contribution in [3.63, 3.8) is 0 Å². The van der Waals surface area contributed by atoms with Crippen LogP contribution in [0.25, 0.3) is 0 Å². The molecule has 1 unspecified atom stereocenters. The second-order valence-electron chi connectivity index (χ2n) is 3.59. The van der Waals surface area contributed by atoms with Crippen LogP contribution < -0.4 is 0 Å². The standard InChI is InChI=1S/C9H12O2.C4H10O3/c10-7-9(11)6-8-4-2-1-3-5-8;5-1-3-7-4-2-6/h1-5,9-11H,6-7H2;5-6H,1-4H2. The van der Waals surface area contributed by atoms with Crippen LogP contribution in [0.1, 0.15) is 5.56 Å². The second-order valence-corrected chi connectivity index (χ2v) is 3.59. The number of hydrogen-bond donors (Lipinski definition) is 4. The monoisotopic (exact) mass is 258 g/mol. The normalized spacial score (nSPS) is 11.6. The van der Waals surface area contributed by atoms with Gasteiger partial charge in [0.15, 0.2) is 0 Å². The molecule has 0 amide bonds. The molecule has 1 rings (SSSR count). The maximum Gasteiger partial charge on any atom is 0.0811 e. The first-order valence-electron chi connectivity index (χ1n) is 5.86. The molecule has 1 atom stereocenters. The molecule has 5 heteroatoms. The number of aliphatic hydroxyl groups is 4. The molecule has 0 aliphatic rings. The summed E-state index contributed by atoms with van der Waals surface area (Å²) < 4.78 is 4.63. The van der Waals surface area contributed by atoms with Crippen LogP contribution in [0.2, 0.25) is 0 Å². The molecule has 0 fully saturated rings. The smallest absolute Gasteiger partial charge is 0.0811 e. The van der Waals surface area contributed by atoms with E-state index in [0.29, 0.717) is 19.6 Å². The van der Waals surface area contributed by atoms with Gasteiger partial charge in [-0.1, -0.05) is 30.3 Å². The summed E-state index contributed by atoms with van der Waals surface area (Å²) in [6, 6.07) is 9.62. The highest BCUT2D eigenvalue weighted by molar-refractivity contribution is 5.15. The van der Waals surface area contributed by atoms with Gasteiger partial charge >= 0.3 is 0 Å². The van der Waals surface area contributed by atoms with E-state index >= 15 is 0 Å². The predicted octanol–water partition coefficient (Wildman–Crippen LogP) is -0.430. The molecule has 1 aromatic carbocycles. The first kappa shape index (κ1) is 17.0. The molecule has 18 heavy (non-hydrogen) atoms. The first-order chi connectivity index (χ1) is 8.74. The lowest BCUT2D eigenvalue weighted by atomic mass is 10.1. The summed E-state index contributed by atoms with van der Waals surface area (Å²) in [6.45, 7) is 0.524. The molecule has 0 bridgehead atoms. The Morgan fingerprint density at radius 1 is 0.944 bits per heavy atom. The van der Waals surface area contributed by atoms with Gasteiger partial charge in [0.25, 0.3) is 0 Å². The highest BCUT2D eigenvalue weighted by Gasteiger charge is 2.01. The van der Waals surface area contributed by atoms with Crippen LogP contribution in [0.3, 0.4) is 0 Å². The molecule has 0 heterocycles. The van der Waals surface area contributed by atoms with E-state index in [1.54, 1.807) is 0 Å². The number of benzene rings is 1. The summed E-state index contributed by atoms with van der Waals surface area (Å²) in [5, 5.41) is 33.8. The SMILES string of the molecule is OCC(O)Cc1ccccc1.OCCOCCO. The highest BCUT2D eigenvalue weighted by Crippen LogP contribution is 2.01. The maximum absolute atomic E-state index is 9.06. The maximum atomic E-state index is 9.06. The average Bonchev–Trinajstić information content (AvgIpc) is 2.41. The van der Waals surface area contributed by atoms with E-state index in [2.05, 4.69) is 4.74 Å². The Hall–Kier alpha value is -0.980. The van der Waals surface area contributed by atoms with Crippen molar-refractivity contribution in [2.45, 2.75) is 12.5 Å². The predicted molar refractivity (Wildman–Crippen MR) is 68.2 cm³/mol.